The molecule has 0 aliphatic carbocycles. The Labute approximate surface area is 114 Å². The minimum Gasteiger partial charge on any atom is -0.369 e. The zero-order chi connectivity index (χ0) is 13.8. The zero-order valence-corrected chi connectivity index (χ0v) is 12.1. The number of hydrogen-bond acceptors (Lipinski definition) is 1. The quantitative estimate of drug-likeness (QED) is 0.709. The molecule has 0 fully saturated rings. The van der Waals surface area contributed by atoms with Gasteiger partial charge in [0, 0.05) is 23.6 Å². The monoisotopic (exact) mass is 323 g/mol. The van der Waals surface area contributed by atoms with Crippen molar-refractivity contribution in [2.24, 2.45) is 0 Å². The Morgan fingerprint density at radius 3 is 2.11 bits per heavy atom. The first kappa shape index (κ1) is 15.3. The maximum Gasteiger partial charge on any atom is 0.416 e. The van der Waals surface area contributed by atoms with Crippen LogP contribution in [0.1, 0.15) is 25.8 Å². The van der Waals surface area contributed by atoms with Crippen molar-refractivity contribution in [2.75, 3.05) is 16.8 Å². The van der Waals surface area contributed by atoms with E-state index in [1.54, 1.807) is 0 Å². The minimum absolute atomic E-state index is 0.265. The van der Waals surface area contributed by atoms with E-state index in [-0.39, 0.29) is 6.04 Å². The molecule has 0 amide bonds. The van der Waals surface area contributed by atoms with Crippen molar-refractivity contribution in [1.29, 1.82) is 0 Å². The molecule has 0 aliphatic heterocycles. The van der Waals surface area contributed by atoms with E-state index in [2.05, 4.69) is 20.8 Å². The maximum absolute atomic E-state index is 12.5. The van der Waals surface area contributed by atoms with Crippen molar-refractivity contribution < 1.29 is 13.2 Å². The van der Waals surface area contributed by atoms with Gasteiger partial charge in [-0.1, -0.05) is 15.9 Å². The molecule has 18 heavy (non-hydrogen) atoms. The molecule has 5 heteroatoms. The Balaban J connectivity index is 2.87. The Kier molecular flexibility index (Phi) is 5.50. The lowest BCUT2D eigenvalue weighted by atomic mass is 10.1. The van der Waals surface area contributed by atoms with Crippen molar-refractivity contribution in [1.82, 2.24) is 0 Å². The molecule has 0 bridgehead atoms. The number of rotatable bonds is 5. The van der Waals surface area contributed by atoms with E-state index < -0.39 is 11.7 Å². The van der Waals surface area contributed by atoms with Gasteiger partial charge in [-0.3, -0.25) is 0 Å². The van der Waals surface area contributed by atoms with E-state index in [0.717, 1.165) is 36.1 Å². The van der Waals surface area contributed by atoms with Gasteiger partial charge in [0.1, 0.15) is 0 Å². The van der Waals surface area contributed by atoms with Gasteiger partial charge < -0.3 is 4.90 Å². The number of hydrogen-bond donors (Lipinski definition) is 0. The number of alkyl halides is 4. The van der Waals surface area contributed by atoms with Gasteiger partial charge in [0.15, 0.2) is 0 Å². The van der Waals surface area contributed by atoms with Crippen LogP contribution >= 0.6 is 15.9 Å². The summed E-state index contributed by atoms with van der Waals surface area (Å²) in [5.74, 6) is 0. The molecule has 0 unspecified atom stereocenters. The van der Waals surface area contributed by atoms with Crippen LogP contribution in [0.2, 0.25) is 0 Å². The van der Waals surface area contributed by atoms with Gasteiger partial charge in [0.25, 0.3) is 0 Å². The topological polar surface area (TPSA) is 3.24 Å². The third-order valence-corrected chi connectivity index (χ3v) is 3.24. The third kappa shape index (κ3) is 4.19. The fourth-order valence-corrected chi connectivity index (χ4v) is 2.01. The van der Waals surface area contributed by atoms with Crippen LogP contribution in [-0.4, -0.2) is 17.9 Å². The molecule has 1 nitrogen and oxygen atoms in total. The lowest BCUT2D eigenvalue weighted by molar-refractivity contribution is -0.137. The van der Waals surface area contributed by atoms with Crippen LogP contribution in [0.15, 0.2) is 24.3 Å². The average molecular weight is 324 g/mol. The van der Waals surface area contributed by atoms with Gasteiger partial charge >= 0.3 is 6.18 Å². The van der Waals surface area contributed by atoms with Gasteiger partial charge in [-0.25, -0.2) is 0 Å². The molecule has 102 valence electrons. The third-order valence-electron chi connectivity index (χ3n) is 2.68. The van der Waals surface area contributed by atoms with Crippen LogP contribution in [-0.2, 0) is 6.18 Å². The number of benzene rings is 1. The number of halogens is 4. The smallest absolute Gasteiger partial charge is 0.369 e. The van der Waals surface area contributed by atoms with E-state index in [0.29, 0.717) is 0 Å². The predicted octanol–water partition coefficient (Wildman–Crippen LogP) is 4.71. The first-order valence-electron chi connectivity index (χ1n) is 5.86. The predicted molar refractivity (Wildman–Crippen MR) is 72.3 cm³/mol. The second kappa shape index (κ2) is 6.45. The summed E-state index contributed by atoms with van der Waals surface area (Å²) in [6.45, 7) is 4.89. The summed E-state index contributed by atoms with van der Waals surface area (Å²) < 4.78 is 37.4. The Morgan fingerprint density at radius 1 is 1.17 bits per heavy atom. The highest BCUT2D eigenvalue weighted by Gasteiger charge is 2.30. The van der Waals surface area contributed by atoms with Gasteiger partial charge in [0.2, 0.25) is 0 Å². The molecule has 1 aromatic rings. The molecule has 0 heterocycles. The molecule has 0 aromatic heterocycles. The summed E-state index contributed by atoms with van der Waals surface area (Å²) in [7, 11) is 0. The molecular weight excluding hydrogens is 307 g/mol. The van der Waals surface area contributed by atoms with Crippen molar-refractivity contribution in [3.8, 4) is 0 Å². The summed E-state index contributed by atoms with van der Waals surface area (Å²) in [6, 6.07) is 5.62. The van der Waals surface area contributed by atoms with Crippen molar-refractivity contribution in [3.05, 3.63) is 29.8 Å². The number of nitrogens with zero attached hydrogens (tertiary/aromatic N) is 1. The van der Waals surface area contributed by atoms with Gasteiger partial charge in [-0.2, -0.15) is 13.2 Å². The highest BCUT2D eigenvalue weighted by Crippen LogP contribution is 2.30. The van der Waals surface area contributed by atoms with E-state index in [1.165, 1.54) is 12.1 Å². The van der Waals surface area contributed by atoms with Gasteiger partial charge in [-0.05, 0) is 44.5 Å². The molecule has 1 aromatic carbocycles. The SMILES string of the molecule is CC(C)N(CCCBr)c1ccc(C(F)(F)F)cc1. The summed E-state index contributed by atoms with van der Waals surface area (Å²) in [6.07, 6.45) is -3.31. The molecule has 0 radical (unpaired) electrons. The van der Waals surface area contributed by atoms with Crippen molar-refractivity contribution in [3.63, 3.8) is 0 Å². The molecule has 0 spiro atoms. The molecule has 0 saturated carbocycles. The summed E-state index contributed by atoms with van der Waals surface area (Å²) in [4.78, 5) is 2.10. The van der Waals surface area contributed by atoms with Crippen LogP contribution in [0.3, 0.4) is 0 Å². The molecule has 0 aliphatic rings. The molecule has 1 rings (SSSR count). The Morgan fingerprint density at radius 2 is 1.72 bits per heavy atom. The molecule has 0 atom stereocenters. The van der Waals surface area contributed by atoms with Crippen LogP contribution in [0.25, 0.3) is 0 Å². The zero-order valence-electron chi connectivity index (χ0n) is 10.5. The van der Waals surface area contributed by atoms with Gasteiger partial charge in [-0.15, -0.1) is 0 Å². The first-order chi connectivity index (χ1) is 8.36. The molecule has 0 saturated heterocycles. The standard InChI is InChI=1S/C13H17BrF3N/c1-10(2)18(9-3-8-14)12-6-4-11(5-7-12)13(15,16)17/h4-7,10H,3,8-9H2,1-2H3. The fraction of sp³-hybridized carbons (Fsp3) is 0.538. The Bertz CT molecular complexity index is 359. The largest absolute Gasteiger partial charge is 0.416 e. The normalized spacial score (nSPS) is 11.9. The maximum atomic E-state index is 12.5. The van der Waals surface area contributed by atoms with Crippen LogP contribution in [0, 0.1) is 0 Å². The van der Waals surface area contributed by atoms with Crippen molar-refractivity contribution >= 4 is 21.6 Å². The van der Waals surface area contributed by atoms with Crippen molar-refractivity contribution in [2.45, 2.75) is 32.5 Å². The van der Waals surface area contributed by atoms with Crippen LogP contribution in [0.4, 0.5) is 18.9 Å². The first-order valence-corrected chi connectivity index (χ1v) is 6.98. The summed E-state index contributed by atoms with van der Waals surface area (Å²) >= 11 is 3.36. The highest BCUT2D eigenvalue weighted by atomic mass is 79.9. The van der Waals surface area contributed by atoms with Gasteiger partial charge in [0.05, 0.1) is 5.56 Å². The Hall–Kier alpha value is -0.710. The fourth-order valence-electron chi connectivity index (χ4n) is 1.76. The van der Waals surface area contributed by atoms with E-state index in [1.807, 2.05) is 13.8 Å². The summed E-state index contributed by atoms with van der Waals surface area (Å²) in [5.41, 5.74) is 0.231. The lowest BCUT2D eigenvalue weighted by Crippen LogP contribution is -2.31. The molecule has 0 N–H and O–H groups in total. The van der Waals surface area contributed by atoms with Crippen LogP contribution in [0.5, 0.6) is 0 Å². The highest BCUT2D eigenvalue weighted by molar-refractivity contribution is 9.09. The summed E-state index contributed by atoms with van der Waals surface area (Å²) in [5, 5.41) is 0.886. The molecular formula is C13H17BrF3N. The van der Waals surface area contributed by atoms with E-state index >= 15 is 0 Å². The second-order valence-electron chi connectivity index (χ2n) is 4.37. The minimum atomic E-state index is -4.27. The van der Waals surface area contributed by atoms with E-state index in [9.17, 15) is 13.2 Å². The second-order valence-corrected chi connectivity index (χ2v) is 5.17. The van der Waals surface area contributed by atoms with E-state index in [4.69, 9.17) is 0 Å². The van der Waals surface area contributed by atoms with Crippen LogP contribution < -0.4 is 4.90 Å². The average Bonchev–Trinajstić information content (AvgIpc) is 2.28. The number of anilines is 1. The lowest BCUT2D eigenvalue weighted by Gasteiger charge is -2.29.